The number of likely N-dealkylation sites (N-methyl/N-ethyl adjacent to an activating group) is 1. The molecule has 0 radical (unpaired) electrons. The van der Waals surface area contributed by atoms with Crippen LogP contribution in [-0.4, -0.2) is 83.8 Å². The van der Waals surface area contributed by atoms with Crippen LogP contribution in [0.1, 0.15) is 19.3 Å². The average molecular weight is 570 g/mol. The second-order valence-electron chi connectivity index (χ2n) is 10.8. The number of carbonyl (C=O) groups excluding carboxylic acids is 1. The summed E-state index contributed by atoms with van der Waals surface area (Å²) in [5.41, 5.74) is 6.89. The molecule has 2 aromatic heterocycles. The molecule has 42 heavy (non-hydrogen) atoms. The first-order valence-electron chi connectivity index (χ1n) is 14.5. The minimum absolute atomic E-state index is 0.0829. The van der Waals surface area contributed by atoms with Gasteiger partial charge in [0.05, 0.1) is 35.3 Å². The average Bonchev–Trinajstić information content (AvgIpc) is 3.64. The Kier molecular flexibility index (Phi) is 8.32. The van der Waals surface area contributed by atoms with E-state index in [1.165, 1.54) is 5.69 Å². The van der Waals surface area contributed by atoms with E-state index in [1.54, 1.807) is 0 Å². The number of amides is 1. The van der Waals surface area contributed by atoms with Gasteiger partial charge in [-0.25, -0.2) is 9.97 Å². The van der Waals surface area contributed by atoms with Crippen molar-refractivity contribution in [1.29, 1.82) is 0 Å². The Morgan fingerprint density at radius 1 is 0.905 bits per heavy atom. The maximum absolute atomic E-state index is 12.2. The fourth-order valence-corrected chi connectivity index (χ4v) is 5.23. The number of aromatic nitrogens is 4. The molecule has 1 amide bonds. The third-order valence-corrected chi connectivity index (χ3v) is 7.65. The minimum atomic E-state index is -0.425. The molecule has 10 heteroatoms. The highest BCUT2D eigenvalue weighted by Crippen LogP contribution is 2.29. The molecule has 6 rings (SSSR count). The first-order valence-corrected chi connectivity index (χ1v) is 14.5. The molecule has 0 saturated carbocycles. The zero-order valence-corrected chi connectivity index (χ0v) is 23.8. The molecule has 3 aromatic carbocycles. The molecule has 218 valence electrons. The summed E-state index contributed by atoms with van der Waals surface area (Å²) in [7, 11) is 2.17. The molecule has 1 aliphatic heterocycles. The molecule has 9 nitrogen and oxygen atoms in total. The summed E-state index contributed by atoms with van der Waals surface area (Å²) in [6.45, 7) is 4.55. The maximum atomic E-state index is 12.2. The third kappa shape index (κ3) is 6.38. The number of H-pyrrole nitrogens is 2. The molecule has 0 spiro atoms. The molecule has 5 aromatic rings. The highest BCUT2D eigenvalue weighted by molar-refractivity contribution is 5.87. The Morgan fingerprint density at radius 3 is 2.38 bits per heavy atom. The second-order valence-corrected chi connectivity index (χ2v) is 10.8. The molecule has 1 aliphatic rings. The number of nitrogens with zero attached hydrogens (tertiary/aromatic N) is 4. The molecule has 3 N–H and O–H groups in total. The van der Waals surface area contributed by atoms with Crippen LogP contribution in [-0.2, 0) is 4.79 Å². The third-order valence-electron chi connectivity index (χ3n) is 7.65. The van der Waals surface area contributed by atoms with E-state index in [1.807, 2.05) is 36.4 Å². The number of hydrogen-bond acceptors (Lipinski definition) is 6. The van der Waals surface area contributed by atoms with E-state index >= 15 is 0 Å². The Bertz CT molecular complexity index is 1670. The normalized spacial score (nSPS) is 14.1. The summed E-state index contributed by atoms with van der Waals surface area (Å²) in [5.74, 6) is 2.21. The number of ether oxygens (including phenoxy) is 1. The first-order chi connectivity index (χ1) is 20.6. The number of piperazine rings is 1. The summed E-state index contributed by atoms with van der Waals surface area (Å²) >= 11 is 0. The SMILES string of the molecule is CN1CCN(c2ccc3nc(-c4ccc5nc(-c6cccc(OCCCC(=O)NCCCF)c6)[nH]c5c4)[nH]c3c2)CC1. The van der Waals surface area contributed by atoms with Crippen molar-refractivity contribution in [2.75, 3.05) is 58.0 Å². The van der Waals surface area contributed by atoms with Crippen molar-refractivity contribution in [2.45, 2.75) is 19.3 Å². The number of anilines is 1. The number of benzene rings is 3. The largest absolute Gasteiger partial charge is 0.494 e. The summed E-state index contributed by atoms with van der Waals surface area (Å²) in [5, 5.41) is 2.71. The van der Waals surface area contributed by atoms with Gasteiger partial charge in [-0.2, -0.15) is 0 Å². The van der Waals surface area contributed by atoms with Crippen molar-refractivity contribution < 1.29 is 13.9 Å². The summed E-state index contributed by atoms with van der Waals surface area (Å²) < 4.78 is 18.0. The van der Waals surface area contributed by atoms with E-state index in [4.69, 9.17) is 14.7 Å². The standard InChI is InChI=1S/C32H36FN7O2/c1-39-14-16-40(17-15-39)24-9-11-27-29(21-24)38-32(36-27)23-8-10-26-28(20-23)37-31(35-26)22-5-2-6-25(19-22)42-18-3-7-30(41)34-13-4-12-33/h2,5-6,8-11,19-21H,3-4,7,12-18H2,1H3,(H,34,41)(H,35,37)(H,36,38). The van der Waals surface area contributed by atoms with Crippen LogP contribution in [0.4, 0.5) is 10.1 Å². The topological polar surface area (TPSA) is 102 Å². The van der Waals surface area contributed by atoms with Gasteiger partial charge in [0.25, 0.3) is 0 Å². The lowest BCUT2D eigenvalue weighted by atomic mass is 10.2. The van der Waals surface area contributed by atoms with E-state index < -0.39 is 6.67 Å². The van der Waals surface area contributed by atoms with Gasteiger partial charge in [-0.15, -0.1) is 0 Å². The van der Waals surface area contributed by atoms with Gasteiger partial charge in [0.15, 0.2) is 0 Å². The van der Waals surface area contributed by atoms with Crippen LogP contribution in [0.25, 0.3) is 44.8 Å². The molecule has 0 bridgehead atoms. The van der Waals surface area contributed by atoms with Crippen molar-refractivity contribution in [2.24, 2.45) is 0 Å². The van der Waals surface area contributed by atoms with Crippen molar-refractivity contribution in [3.8, 4) is 28.5 Å². The van der Waals surface area contributed by atoms with Gasteiger partial charge in [0.2, 0.25) is 5.91 Å². The Balaban J connectivity index is 1.13. The van der Waals surface area contributed by atoms with Gasteiger partial charge in [-0.1, -0.05) is 12.1 Å². The van der Waals surface area contributed by atoms with E-state index in [0.717, 1.165) is 71.0 Å². The fraction of sp³-hybridized carbons (Fsp3) is 0.344. The number of carbonyl (C=O) groups is 1. The van der Waals surface area contributed by atoms with Crippen LogP contribution >= 0.6 is 0 Å². The Labute approximate surface area is 244 Å². The van der Waals surface area contributed by atoms with Crippen LogP contribution in [0.2, 0.25) is 0 Å². The zero-order valence-electron chi connectivity index (χ0n) is 23.8. The van der Waals surface area contributed by atoms with Gasteiger partial charge in [0, 0.05) is 56.0 Å². The lowest BCUT2D eigenvalue weighted by Crippen LogP contribution is -2.44. The number of alkyl halides is 1. The van der Waals surface area contributed by atoms with Crippen molar-refractivity contribution >= 4 is 33.7 Å². The second kappa shape index (κ2) is 12.6. The molecule has 1 fully saturated rings. The molecule has 0 aliphatic carbocycles. The van der Waals surface area contributed by atoms with Crippen LogP contribution in [0.15, 0.2) is 60.7 Å². The Morgan fingerprint density at radius 2 is 1.62 bits per heavy atom. The highest BCUT2D eigenvalue weighted by atomic mass is 19.1. The van der Waals surface area contributed by atoms with E-state index in [9.17, 15) is 9.18 Å². The number of halogens is 1. The summed E-state index contributed by atoms with van der Waals surface area (Å²) in [6.07, 6.45) is 1.27. The minimum Gasteiger partial charge on any atom is -0.494 e. The number of fused-ring (bicyclic) bond motifs is 2. The van der Waals surface area contributed by atoms with Crippen molar-refractivity contribution in [3.05, 3.63) is 60.7 Å². The zero-order chi connectivity index (χ0) is 28.9. The van der Waals surface area contributed by atoms with E-state index in [0.29, 0.717) is 38.2 Å². The van der Waals surface area contributed by atoms with Crippen molar-refractivity contribution in [3.63, 3.8) is 0 Å². The van der Waals surface area contributed by atoms with Gasteiger partial charge in [0.1, 0.15) is 17.4 Å². The molecular weight excluding hydrogens is 533 g/mol. The predicted octanol–water partition coefficient (Wildman–Crippen LogP) is 5.16. The number of aromatic amines is 2. The van der Waals surface area contributed by atoms with Gasteiger partial charge >= 0.3 is 0 Å². The molecule has 0 unspecified atom stereocenters. The van der Waals surface area contributed by atoms with E-state index in [2.05, 4.69) is 56.4 Å². The maximum Gasteiger partial charge on any atom is 0.220 e. The Hall–Kier alpha value is -4.44. The summed E-state index contributed by atoms with van der Waals surface area (Å²) in [4.78, 5) is 33.2. The molecule has 3 heterocycles. The number of hydrogen-bond donors (Lipinski definition) is 3. The lowest BCUT2D eigenvalue weighted by molar-refractivity contribution is -0.121. The van der Waals surface area contributed by atoms with Crippen LogP contribution < -0.4 is 15.0 Å². The molecular formula is C32H36FN7O2. The fourth-order valence-electron chi connectivity index (χ4n) is 5.23. The van der Waals surface area contributed by atoms with Crippen LogP contribution in [0, 0.1) is 0 Å². The van der Waals surface area contributed by atoms with Gasteiger partial charge in [-0.3, -0.25) is 9.18 Å². The predicted molar refractivity (Wildman–Crippen MR) is 165 cm³/mol. The number of rotatable bonds is 11. The quantitative estimate of drug-likeness (QED) is 0.190. The van der Waals surface area contributed by atoms with Crippen molar-refractivity contribution in [1.82, 2.24) is 30.2 Å². The van der Waals surface area contributed by atoms with Crippen LogP contribution in [0.5, 0.6) is 5.75 Å². The number of imidazole rings is 2. The van der Waals surface area contributed by atoms with E-state index in [-0.39, 0.29) is 5.91 Å². The highest BCUT2D eigenvalue weighted by Gasteiger charge is 2.16. The molecule has 1 saturated heterocycles. The van der Waals surface area contributed by atoms with Gasteiger partial charge in [-0.05, 0) is 68.4 Å². The monoisotopic (exact) mass is 569 g/mol. The first kappa shape index (κ1) is 27.7. The lowest BCUT2D eigenvalue weighted by Gasteiger charge is -2.34. The summed E-state index contributed by atoms with van der Waals surface area (Å²) in [6, 6.07) is 20.3. The van der Waals surface area contributed by atoms with Crippen LogP contribution in [0.3, 0.4) is 0 Å². The van der Waals surface area contributed by atoms with Gasteiger partial charge < -0.3 is 29.8 Å². The number of nitrogens with one attached hydrogen (secondary N) is 3. The smallest absolute Gasteiger partial charge is 0.220 e. The molecule has 0 atom stereocenters.